The Morgan fingerprint density at radius 1 is 0.824 bits per heavy atom. The number of nitrogens with two attached hydrogens (primary N) is 1. The number of sulfonamides is 2. The molecule has 1 amide bonds. The Morgan fingerprint density at radius 2 is 1.38 bits per heavy atom. The first kappa shape index (κ1) is 25.6. The summed E-state index contributed by atoms with van der Waals surface area (Å²) in [6, 6.07) is 21.3. The van der Waals surface area contributed by atoms with E-state index < -0.39 is 20.0 Å². The van der Waals surface area contributed by atoms with Gasteiger partial charge in [-0.15, -0.1) is 0 Å². The predicted molar refractivity (Wildman–Crippen MR) is 130 cm³/mol. The van der Waals surface area contributed by atoms with Crippen LogP contribution < -0.4 is 15.2 Å². The minimum atomic E-state index is -3.75. The summed E-state index contributed by atoms with van der Waals surface area (Å²) in [6.07, 6.45) is 0.676. The molecule has 180 valence electrons. The number of carbonyl (C=O) groups is 1. The van der Waals surface area contributed by atoms with Crippen LogP contribution in [0.4, 0.5) is 0 Å². The second-order valence-corrected chi connectivity index (χ2v) is 11.1. The van der Waals surface area contributed by atoms with Crippen molar-refractivity contribution in [3.63, 3.8) is 0 Å². The van der Waals surface area contributed by atoms with E-state index in [9.17, 15) is 21.6 Å². The molecule has 1 unspecified atom stereocenters. The van der Waals surface area contributed by atoms with E-state index in [2.05, 4.69) is 10.0 Å². The van der Waals surface area contributed by atoms with Gasteiger partial charge in [0, 0.05) is 19.0 Å². The molecule has 8 nitrogen and oxygen atoms in total. The Labute approximate surface area is 200 Å². The van der Waals surface area contributed by atoms with Gasteiger partial charge in [0.1, 0.15) is 0 Å². The van der Waals surface area contributed by atoms with Gasteiger partial charge in [0.05, 0.1) is 9.79 Å². The number of hydrogen-bond acceptors (Lipinski definition) is 5. The molecule has 0 aliphatic rings. The van der Waals surface area contributed by atoms with Crippen molar-refractivity contribution in [1.82, 2.24) is 10.0 Å². The highest BCUT2D eigenvalue weighted by Crippen LogP contribution is 2.18. The summed E-state index contributed by atoms with van der Waals surface area (Å²) in [5.41, 5.74) is 2.45. The van der Waals surface area contributed by atoms with Crippen LogP contribution >= 0.6 is 0 Å². The van der Waals surface area contributed by atoms with Crippen LogP contribution in [0, 0.1) is 0 Å². The van der Waals surface area contributed by atoms with E-state index in [1.807, 2.05) is 30.3 Å². The van der Waals surface area contributed by atoms with Crippen LogP contribution in [0.25, 0.3) is 0 Å². The molecule has 1 atom stereocenters. The summed E-state index contributed by atoms with van der Waals surface area (Å²) in [4.78, 5) is 12.3. The molecule has 0 bridgehead atoms. The molecule has 0 aliphatic carbocycles. The SMILES string of the molecule is CC(NS(=O)(=O)c1ccc(CCC(=O)NCc2ccc(S(N)(=O)=O)cc2)cc1)c1ccccc1. The molecular formula is C24H27N3O5S2. The Balaban J connectivity index is 1.50. The van der Waals surface area contributed by atoms with Crippen molar-refractivity contribution in [3.8, 4) is 0 Å². The Kier molecular flexibility index (Phi) is 8.21. The summed E-state index contributed by atoms with van der Waals surface area (Å²) < 4.78 is 50.6. The molecule has 3 rings (SSSR count). The molecule has 0 radical (unpaired) electrons. The van der Waals surface area contributed by atoms with Crippen LogP contribution in [0.1, 0.15) is 36.1 Å². The van der Waals surface area contributed by atoms with Crippen LogP contribution in [0.5, 0.6) is 0 Å². The smallest absolute Gasteiger partial charge is 0.241 e. The number of carbonyl (C=O) groups excluding carboxylic acids is 1. The lowest BCUT2D eigenvalue weighted by molar-refractivity contribution is -0.121. The predicted octanol–water partition coefficient (Wildman–Crippen LogP) is 2.62. The van der Waals surface area contributed by atoms with Gasteiger partial charge in [-0.05, 0) is 54.3 Å². The first-order valence-electron chi connectivity index (χ1n) is 10.6. The molecule has 0 aliphatic heterocycles. The highest BCUT2D eigenvalue weighted by Gasteiger charge is 2.18. The molecule has 3 aromatic rings. The van der Waals surface area contributed by atoms with Gasteiger partial charge in [-0.25, -0.2) is 26.7 Å². The molecule has 34 heavy (non-hydrogen) atoms. The third-order valence-corrected chi connectivity index (χ3v) is 7.73. The lowest BCUT2D eigenvalue weighted by atomic mass is 10.1. The first-order valence-corrected chi connectivity index (χ1v) is 13.6. The maximum Gasteiger partial charge on any atom is 0.241 e. The van der Waals surface area contributed by atoms with Gasteiger partial charge >= 0.3 is 0 Å². The minimum Gasteiger partial charge on any atom is -0.352 e. The third-order valence-electron chi connectivity index (χ3n) is 5.25. The average molecular weight is 502 g/mol. The average Bonchev–Trinajstić information content (AvgIpc) is 2.81. The van der Waals surface area contributed by atoms with Gasteiger partial charge in [-0.3, -0.25) is 4.79 Å². The summed E-state index contributed by atoms with van der Waals surface area (Å²) in [5, 5.41) is 7.84. The third kappa shape index (κ3) is 7.22. The van der Waals surface area contributed by atoms with Crippen molar-refractivity contribution in [2.75, 3.05) is 0 Å². The molecular weight excluding hydrogens is 474 g/mol. The number of aryl methyl sites for hydroxylation is 1. The van der Waals surface area contributed by atoms with Crippen molar-refractivity contribution < 1.29 is 21.6 Å². The normalized spacial score (nSPS) is 12.8. The maximum absolute atomic E-state index is 12.7. The second kappa shape index (κ2) is 10.9. The number of amides is 1. The van der Waals surface area contributed by atoms with E-state index in [4.69, 9.17) is 5.14 Å². The molecule has 0 saturated heterocycles. The fourth-order valence-electron chi connectivity index (χ4n) is 3.29. The molecule has 0 aromatic heterocycles. The van der Waals surface area contributed by atoms with Crippen LogP contribution in [0.15, 0.2) is 88.7 Å². The maximum atomic E-state index is 12.7. The van der Waals surface area contributed by atoms with Crippen LogP contribution in [0.3, 0.4) is 0 Å². The lowest BCUT2D eigenvalue weighted by Gasteiger charge is -2.15. The Hall–Kier alpha value is -3.05. The molecule has 4 N–H and O–H groups in total. The summed E-state index contributed by atoms with van der Waals surface area (Å²) in [7, 11) is -7.43. The van der Waals surface area contributed by atoms with Crippen LogP contribution in [-0.4, -0.2) is 22.7 Å². The highest BCUT2D eigenvalue weighted by molar-refractivity contribution is 7.89. The number of primary sulfonamides is 1. The fraction of sp³-hybridized carbons (Fsp3) is 0.208. The van der Waals surface area contributed by atoms with E-state index in [-0.39, 0.29) is 34.7 Å². The molecule has 0 saturated carbocycles. The standard InChI is InChI=1S/C24H27N3O5S2/c1-18(21-5-3-2-4-6-21)27-34(31,32)23-14-7-19(8-15-23)11-16-24(28)26-17-20-9-12-22(13-10-20)33(25,29)30/h2-10,12-15,18,27H,11,16-17H2,1H3,(H,26,28)(H2,25,29,30). The second-order valence-electron chi connectivity index (χ2n) is 7.86. The van der Waals surface area contributed by atoms with E-state index in [1.54, 1.807) is 31.2 Å². The Bertz CT molecular complexity index is 1320. The molecule has 0 heterocycles. The Morgan fingerprint density at radius 3 is 1.97 bits per heavy atom. The quantitative estimate of drug-likeness (QED) is 0.392. The largest absolute Gasteiger partial charge is 0.352 e. The summed E-state index contributed by atoms with van der Waals surface area (Å²) >= 11 is 0. The zero-order valence-electron chi connectivity index (χ0n) is 18.6. The van der Waals surface area contributed by atoms with Gasteiger partial charge in [0.15, 0.2) is 0 Å². The topological polar surface area (TPSA) is 135 Å². The number of rotatable bonds is 10. The first-order chi connectivity index (χ1) is 16.0. The fourth-order valence-corrected chi connectivity index (χ4v) is 5.04. The highest BCUT2D eigenvalue weighted by atomic mass is 32.2. The lowest BCUT2D eigenvalue weighted by Crippen LogP contribution is -2.26. The summed E-state index contributed by atoms with van der Waals surface area (Å²) in [6.45, 7) is 2.04. The van der Waals surface area contributed by atoms with Crippen molar-refractivity contribution in [2.45, 2.75) is 42.1 Å². The zero-order valence-corrected chi connectivity index (χ0v) is 20.3. The van der Waals surface area contributed by atoms with E-state index in [1.165, 1.54) is 24.3 Å². The van der Waals surface area contributed by atoms with Crippen LogP contribution in [-0.2, 0) is 37.8 Å². The number of benzene rings is 3. The molecule has 0 spiro atoms. The van der Waals surface area contributed by atoms with Gasteiger partial charge in [0.2, 0.25) is 26.0 Å². The van der Waals surface area contributed by atoms with Crippen molar-refractivity contribution in [1.29, 1.82) is 0 Å². The van der Waals surface area contributed by atoms with Gasteiger partial charge in [-0.1, -0.05) is 54.6 Å². The molecule has 10 heteroatoms. The monoisotopic (exact) mass is 501 g/mol. The molecule has 0 fully saturated rings. The number of hydrogen-bond donors (Lipinski definition) is 3. The van der Waals surface area contributed by atoms with Crippen molar-refractivity contribution in [2.24, 2.45) is 5.14 Å². The van der Waals surface area contributed by atoms with Gasteiger partial charge < -0.3 is 5.32 Å². The van der Waals surface area contributed by atoms with Crippen molar-refractivity contribution in [3.05, 3.63) is 95.6 Å². The molecule has 3 aromatic carbocycles. The zero-order chi connectivity index (χ0) is 24.8. The minimum absolute atomic E-state index is 0.0118. The van der Waals surface area contributed by atoms with Crippen molar-refractivity contribution >= 4 is 26.0 Å². The van der Waals surface area contributed by atoms with Crippen LogP contribution in [0.2, 0.25) is 0 Å². The van der Waals surface area contributed by atoms with Gasteiger partial charge in [0.25, 0.3) is 0 Å². The van der Waals surface area contributed by atoms with Gasteiger partial charge in [-0.2, -0.15) is 0 Å². The van der Waals surface area contributed by atoms with E-state index >= 15 is 0 Å². The number of nitrogens with one attached hydrogen (secondary N) is 2. The van der Waals surface area contributed by atoms with E-state index in [0.29, 0.717) is 6.42 Å². The van der Waals surface area contributed by atoms with E-state index in [0.717, 1.165) is 16.7 Å². The summed E-state index contributed by atoms with van der Waals surface area (Å²) in [5.74, 6) is -0.175.